The van der Waals surface area contributed by atoms with Crippen molar-refractivity contribution in [2.45, 2.75) is 25.8 Å². The van der Waals surface area contributed by atoms with E-state index in [1.54, 1.807) is 6.20 Å². The molecule has 1 saturated carbocycles. The molecule has 1 aliphatic rings. The number of benzene rings is 1. The Balaban J connectivity index is 1.59. The number of carbonyl (C=O) groups excluding carboxylic acids is 1. The Kier molecular flexibility index (Phi) is 4.37. The molecule has 0 atom stereocenters. The third-order valence-electron chi connectivity index (χ3n) is 4.15. The molecule has 1 aromatic carbocycles. The van der Waals surface area contributed by atoms with E-state index in [-0.39, 0.29) is 11.8 Å². The summed E-state index contributed by atoms with van der Waals surface area (Å²) in [6, 6.07) is 14.2. The van der Waals surface area contributed by atoms with Gasteiger partial charge in [0.25, 0.3) is 0 Å². The summed E-state index contributed by atoms with van der Waals surface area (Å²) in [4.78, 5) is 18.4. The van der Waals surface area contributed by atoms with Crippen molar-refractivity contribution in [1.29, 1.82) is 0 Å². The van der Waals surface area contributed by atoms with Gasteiger partial charge in [-0.1, -0.05) is 36.8 Å². The third-order valence-corrected chi connectivity index (χ3v) is 4.15. The molecule has 1 aliphatic carbocycles. The number of anilines is 2. The molecule has 1 N–H and O–H groups in total. The lowest BCUT2D eigenvalue weighted by molar-refractivity contribution is -0.122. The van der Waals surface area contributed by atoms with Crippen LogP contribution in [0.4, 0.5) is 11.5 Å². The zero-order valence-electron chi connectivity index (χ0n) is 12.8. The van der Waals surface area contributed by atoms with Crippen LogP contribution in [-0.2, 0) is 11.3 Å². The van der Waals surface area contributed by atoms with Gasteiger partial charge in [0.15, 0.2) is 0 Å². The smallest absolute Gasteiger partial charge is 0.227 e. The summed E-state index contributed by atoms with van der Waals surface area (Å²) in [6.45, 7) is 0.807. The zero-order chi connectivity index (χ0) is 15.4. The van der Waals surface area contributed by atoms with Crippen molar-refractivity contribution in [3.05, 3.63) is 54.2 Å². The van der Waals surface area contributed by atoms with Crippen molar-refractivity contribution in [3.63, 3.8) is 0 Å². The quantitative estimate of drug-likeness (QED) is 0.919. The maximum atomic E-state index is 11.9. The molecule has 1 fully saturated rings. The van der Waals surface area contributed by atoms with E-state index in [1.165, 1.54) is 12.0 Å². The van der Waals surface area contributed by atoms with Gasteiger partial charge in [-0.2, -0.15) is 0 Å². The molecule has 3 rings (SSSR count). The maximum absolute atomic E-state index is 11.9. The lowest BCUT2D eigenvalue weighted by Gasteiger charge is -2.24. The molecule has 0 bridgehead atoms. The Morgan fingerprint density at radius 1 is 1.23 bits per heavy atom. The van der Waals surface area contributed by atoms with Crippen LogP contribution in [0.25, 0.3) is 0 Å². The highest BCUT2D eigenvalue weighted by molar-refractivity contribution is 5.92. The molecule has 0 unspecified atom stereocenters. The highest BCUT2D eigenvalue weighted by atomic mass is 16.1. The second-order valence-corrected chi connectivity index (χ2v) is 5.86. The van der Waals surface area contributed by atoms with E-state index in [9.17, 15) is 4.79 Å². The summed E-state index contributed by atoms with van der Waals surface area (Å²) in [5.41, 5.74) is 2.02. The minimum absolute atomic E-state index is 0.124. The molecule has 1 aromatic heterocycles. The summed E-state index contributed by atoms with van der Waals surface area (Å²) in [5.74, 6) is 1.21. The minimum Gasteiger partial charge on any atom is -0.355 e. The summed E-state index contributed by atoms with van der Waals surface area (Å²) in [7, 11) is 2.02. The van der Waals surface area contributed by atoms with Crippen LogP contribution >= 0.6 is 0 Å². The van der Waals surface area contributed by atoms with Gasteiger partial charge in [0.1, 0.15) is 5.82 Å². The number of carbonyl (C=O) groups is 1. The normalized spacial score (nSPS) is 14.2. The second-order valence-electron chi connectivity index (χ2n) is 5.86. The molecule has 1 amide bonds. The van der Waals surface area contributed by atoms with Gasteiger partial charge in [0.05, 0.1) is 11.9 Å². The van der Waals surface area contributed by atoms with E-state index in [1.807, 2.05) is 37.4 Å². The summed E-state index contributed by atoms with van der Waals surface area (Å²) in [5, 5.41) is 2.94. The largest absolute Gasteiger partial charge is 0.355 e. The lowest BCUT2D eigenvalue weighted by Crippen LogP contribution is -2.28. The molecule has 4 heteroatoms. The van der Waals surface area contributed by atoms with Gasteiger partial charge in [-0.3, -0.25) is 4.79 Å². The third kappa shape index (κ3) is 3.45. The maximum Gasteiger partial charge on any atom is 0.227 e. The molecule has 0 aliphatic heterocycles. The Morgan fingerprint density at radius 3 is 2.59 bits per heavy atom. The minimum atomic E-state index is 0.124. The topological polar surface area (TPSA) is 45.2 Å². The Labute approximate surface area is 131 Å². The Morgan fingerprint density at radius 2 is 2.00 bits per heavy atom. The molecular formula is C18H21N3O. The van der Waals surface area contributed by atoms with Gasteiger partial charge in [0, 0.05) is 19.5 Å². The highest BCUT2D eigenvalue weighted by Gasteiger charge is 2.25. The van der Waals surface area contributed by atoms with Crippen LogP contribution in [0.5, 0.6) is 0 Å². The van der Waals surface area contributed by atoms with Crippen molar-refractivity contribution in [2.75, 3.05) is 17.3 Å². The SMILES string of the molecule is CN(Cc1ccccc1)c1ccc(NC(=O)C2CCC2)cn1. The first kappa shape index (κ1) is 14.6. The molecule has 114 valence electrons. The van der Waals surface area contributed by atoms with Crippen molar-refractivity contribution >= 4 is 17.4 Å². The first-order valence-electron chi connectivity index (χ1n) is 7.74. The van der Waals surface area contributed by atoms with Crippen LogP contribution in [-0.4, -0.2) is 17.9 Å². The molecular weight excluding hydrogens is 274 g/mol. The van der Waals surface area contributed by atoms with E-state index in [2.05, 4.69) is 27.3 Å². The fraction of sp³-hybridized carbons (Fsp3) is 0.333. The van der Waals surface area contributed by atoms with Gasteiger partial charge < -0.3 is 10.2 Å². The zero-order valence-corrected chi connectivity index (χ0v) is 12.8. The Hall–Kier alpha value is -2.36. The van der Waals surface area contributed by atoms with Crippen LogP contribution in [0, 0.1) is 5.92 Å². The van der Waals surface area contributed by atoms with Gasteiger partial charge in [-0.25, -0.2) is 4.98 Å². The van der Waals surface area contributed by atoms with Crippen molar-refractivity contribution in [2.24, 2.45) is 5.92 Å². The number of hydrogen-bond acceptors (Lipinski definition) is 3. The number of rotatable bonds is 5. The molecule has 0 radical (unpaired) electrons. The lowest BCUT2D eigenvalue weighted by atomic mass is 9.85. The molecule has 2 aromatic rings. The van der Waals surface area contributed by atoms with Crippen molar-refractivity contribution < 1.29 is 4.79 Å². The van der Waals surface area contributed by atoms with Crippen LogP contribution in [0.1, 0.15) is 24.8 Å². The highest BCUT2D eigenvalue weighted by Crippen LogP contribution is 2.27. The summed E-state index contributed by atoms with van der Waals surface area (Å²) in [6.07, 6.45) is 4.92. The fourth-order valence-corrected chi connectivity index (χ4v) is 2.54. The van der Waals surface area contributed by atoms with E-state index in [4.69, 9.17) is 0 Å². The van der Waals surface area contributed by atoms with Crippen molar-refractivity contribution in [1.82, 2.24) is 4.98 Å². The van der Waals surface area contributed by atoms with Crippen LogP contribution in [0.15, 0.2) is 48.7 Å². The summed E-state index contributed by atoms with van der Waals surface area (Å²) >= 11 is 0. The first-order valence-corrected chi connectivity index (χ1v) is 7.74. The van der Waals surface area contributed by atoms with Gasteiger partial charge in [0.2, 0.25) is 5.91 Å². The van der Waals surface area contributed by atoms with E-state index < -0.39 is 0 Å². The average Bonchev–Trinajstić information content (AvgIpc) is 2.47. The monoisotopic (exact) mass is 295 g/mol. The second kappa shape index (κ2) is 6.60. The summed E-state index contributed by atoms with van der Waals surface area (Å²) < 4.78 is 0. The number of aromatic nitrogens is 1. The standard InChI is InChI=1S/C18H21N3O/c1-21(13-14-6-3-2-4-7-14)17-11-10-16(12-19-17)20-18(22)15-8-5-9-15/h2-4,6-7,10-12,15H,5,8-9,13H2,1H3,(H,20,22). The number of nitrogens with one attached hydrogen (secondary N) is 1. The predicted octanol–water partition coefficient (Wildman–Crippen LogP) is 3.46. The number of nitrogens with zero attached hydrogens (tertiary/aromatic N) is 2. The van der Waals surface area contributed by atoms with E-state index >= 15 is 0 Å². The van der Waals surface area contributed by atoms with Gasteiger partial charge in [-0.05, 0) is 30.5 Å². The van der Waals surface area contributed by atoms with Gasteiger partial charge >= 0.3 is 0 Å². The van der Waals surface area contributed by atoms with Crippen LogP contribution in [0.3, 0.4) is 0 Å². The van der Waals surface area contributed by atoms with E-state index in [0.29, 0.717) is 0 Å². The number of hydrogen-bond donors (Lipinski definition) is 1. The Bertz CT molecular complexity index is 621. The molecule has 0 saturated heterocycles. The van der Waals surface area contributed by atoms with Gasteiger partial charge in [-0.15, -0.1) is 0 Å². The van der Waals surface area contributed by atoms with Crippen molar-refractivity contribution in [3.8, 4) is 0 Å². The fourth-order valence-electron chi connectivity index (χ4n) is 2.54. The molecule has 22 heavy (non-hydrogen) atoms. The van der Waals surface area contributed by atoms with Crippen LogP contribution < -0.4 is 10.2 Å². The first-order chi connectivity index (χ1) is 10.7. The number of pyridine rings is 1. The molecule has 1 heterocycles. The van der Waals surface area contributed by atoms with Crippen LogP contribution in [0.2, 0.25) is 0 Å². The predicted molar refractivity (Wildman–Crippen MR) is 88.8 cm³/mol. The number of amides is 1. The average molecular weight is 295 g/mol. The molecule has 4 nitrogen and oxygen atoms in total. The van der Waals surface area contributed by atoms with E-state index in [0.717, 1.165) is 30.9 Å². The molecule has 0 spiro atoms.